The van der Waals surface area contributed by atoms with E-state index >= 15 is 0 Å². The largest absolute Gasteiger partial charge is 0.329 e. The summed E-state index contributed by atoms with van der Waals surface area (Å²) in [6.45, 7) is 1.18. The average molecular weight is 204 g/mol. The number of rotatable bonds is 4. The van der Waals surface area contributed by atoms with Crippen LogP contribution in [-0.4, -0.2) is 31.7 Å². The standard InChI is InChI=1S/C9H12N6/c10-3-6-15-9(12-13-14-15)7-8-1-4-11-5-2-8/h1-2,4-5H,3,6-7,10H2. The zero-order chi connectivity index (χ0) is 10.5. The molecule has 0 aliphatic carbocycles. The third-order valence-corrected chi connectivity index (χ3v) is 2.06. The molecule has 2 rings (SSSR count). The molecule has 6 nitrogen and oxygen atoms in total. The highest BCUT2D eigenvalue weighted by atomic mass is 15.5. The first-order chi connectivity index (χ1) is 7.40. The molecule has 0 unspecified atom stereocenters. The Kier molecular flexibility index (Phi) is 2.99. The van der Waals surface area contributed by atoms with Crippen molar-refractivity contribution in [1.82, 2.24) is 25.2 Å². The summed E-state index contributed by atoms with van der Waals surface area (Å²) in [5.41, 5.74) is 6.59. The van der Waals surface area contributed by atoms with Crippen LogP contribution in [0.1, 0.15) is 11.4 Å². The molecule has 0 atom stereocenters. The second-order valence-corrected chi connectivity index (χ2v) is 3.14. The molecule has 2 aromatic rings. The molecule has 0 aromatic carbocycles. The van der Waals surface area contributed by atoms with Gasteiger partial charge in [0, 0.05) is 25.4 Å². The van der Waals surface area contributed by atoms with E-state index in [0.29, 0.717) is 19.5 Å². The van der Waals surface area contributed by atoms with Crippen LogP contribution in [0.2, 0.25) is 0 Å². The molecule has 0 aliphatic rings. The molecule has 0 saturated heterocycles. The molecule has 78 valence electrons. The first-order valence-electron chi connectivity index (χ1n) is 4.74. The molecule has 0 aliphatic heterocycles. The highest BCUT2D eigenvalue weighted by Gasteiger charge is 2.05. The van der Waals surface area contributed by atoms with Crippen LogP contribution in [0.25, 0.3) is 0 Å². The number of nitrogens with two attached hydrogens (primary N) is 1. The van der Waals surface area contributed by atoms with Gasteiger partial charge in [-0.15, -0.1) is 5.10 Å². The summed E-state index contributed by atoms with van der Waals surface area (Å²) in [4.78, 5) is 3.95. The van der Waals surface area contributed by atoms with E-state index in [9.17, 15) is 0 Å². The third-order valence-electron chi connectivity index (χ3n) is 2.06. The van der Waals surface area contributed by atoms with Crippen LogP contribution in [-0.2, 0) is 13.0 Å². The average Bonchev–Trinajstić information content (AvgIpc) is 2.68. The first kappa shape index (κ1) is 9.72. The van der Waals surface area contributed by atoms with Gasteiger partial charge in [0.1, 0.15) is 0 Å². The van der Waals surface area contributed by atoms with Crippen molar-refractivity contribution in [2.45, 2.75) is 13.0 Å². The minimum Gasteiger partial charge on any atom is -0.329 e. The molecule has 0 radical (unpaired) electrons. The highest BCUT2D eigenvalue weighted by Crippen LogP contribution is 2.03. The summed E-state index contributed by atoms with van der Waals surface area (Å²) in [5, 5.41) is 11.4. The van der Waals surface area contributed by atoms with E-state index in [4.69, 9.17) is 5.73 Å². The lowest BCUT2D eigenvalue weighted by atomic mass is 10.2. The summed E-state index contributed by atoms with van der Waals surface area (Å²) in [6.07, 6.45) is 4.22. The van der Waals surface area contributed by atoms with E-state index in [2.05, 4.69) is 20.5 Å². The fraction of sp³-hybridized carbons (Fsp3) is 0.333. The molecule has 0 spiro atoms. The number of pyridine rings is 1. The van der Waals surface area contributed by atoms with Crippen LogP contribution < -0.4 is 5.73 Å². The summed E-state index contributed by atoms with van der Waals surface area (Å²) in [6, 6.07) is 3.89. The van der Waals surface area contributed by atoms with E-state index < -0.39 is 0 Å². The van der Waals surface area contributed by atoms with Crippen molar-refractivity contribution in [3.63, 3.8) is 0 Å². The molecule has 2 N–H and O–H groups in total. The van der Waals surface area contributed by atoms with Gasteiger partial charge in [-0.1, -0.05) is 0 Å². The number of hydrogen-bond acceptors (Lipinski definition) is 5. The molecule has 0 amide bonds. The number of hydrogen-bond donors (Lipinski definition) is 1. The molecule has 0 bridgehead atoms. The maximum atomic E-state index is 5.46. The van der Waals surface area contributed by atoms with Gasteiger partial charge in [-0.2, -0.15) is 0 Å². The number of aromatic nitrogens is 5. The SMILES string of the molecule is NCCn1nnnc1Cc1ccncc1. The van der Waals surface area contributed by atoms with Crippen molar-refractivity contribution < 1.29 is 0 Å². The Hall–Kier alpha value is -1.82. The fourth-order valence-corrected chi connectivity index (χ4v) is 1.33. The van der Waals surface area contributed by atoms with Crippen LogP contribution >= 0.6 is 0 Å². The first-order valence-corrected chi connectivity index (χ1v) is 4.74. The van der Waals surface area contributed by atoms with E-state index in [1.54, 1.807) is 17.1 Å². The maximum absolute atomic E-state index is 5.46. The molecule has 2 aromatic heterocycles. The quantitative estimate of drug-likeness (QED) is 0.734. The normalized spacial score (nSPS) is 10.5. The smallest absolute Gasteiger partial charge is 0.155 e. The summed E-state index contributed by atoms with van der Waals surface area (Å²) >= 11 is 0. The molecular formula is C9H12N6. The number of tetrazole rings is 1. The van der Waals surface area contributed by atoms with E-state index in [-0.39, 0.29) is 0 Å². The van der Waals surface area contributed by atoms with E-state index in [0.717, 1.165) is 11.4 Å². The van der Waals surface area contributed by atoms with Gasteiger partial charge in [-0.3, -0.25) is 4.98 Å². The summed E-state index contributed by atoms with van der Waals surface area (Å²) in [7, 11) is 0. The van der Waals surface area contributed by atoms with Crippen LogP contribution in [0, 0.1) is 0 Å². The summed E-state index contributed by atoms with van der Waals surface area (Å²) < 4.78 is 1.72. The Bertz CT molecular complexity index is 410. The van der Waals surface area contributed by atoms with E-state index in [1.807, 2.05) is 12.1 Å². The van der Waals surface area contributed by atoms with Gasteiger partial charge in [0.25, 0.3) is 0 Å². The Balaban J connectivity index is 2.14. The van der Waals surface area contributed by atoms with Crippen molar-refractivity contribution in [3.8, 4) is 0 Å². The Morgan fingerprint density at radius 3 is 2.80 bits per heavy atom. The molecule has 2 heterocycles. The second kappa shape index (κ2) is 4.61. The number of nitrogens with zero attached hydrogens (tertiary/aromatic N) is 5. The topological polar surface area (TPSA) is 82.5 Å². The molecule has 6 heteroatoms. The van der Waals surface area contributed by atoms with Gasteiger partial charge in [0.2, 0.25) is 0 Å². The molecular weight excluding hydrogens is 192 g/mol. The Morgan fingerprint density at radius 1 is 1.27 bits per heavy atom. The van der Waals surface area contributed by atoms with Gasteiger partial charge < -0.3 is 5.73 Å². The monoisotopic (exact) mass is 204 g/mol. The van der Waals surface area contributed by atoms with Crippen LogP contribution in [0.5, 0.6) is 0 Å². The predicted octanol–water partition coefficient (Wildman–Crippen LogP) is -0.382. The lowest BCUT2D eigenvalue weighted by Crippen LogP contribution is -2.14. The second-order valence-electron chi connectivity index (χ2n) is 3.14. The lowest BCUT2D eigenvalue weighted by molar-refractivity contribution is 0.578. The van der Waals surface area contributed by atoms with Gasteiger partial charge >= 0.3 is 0 Å². The van der Waals surface area contributed by atoms with Crippen LogP contribution in [0.4, 0.5) is 0 Å². The van der Waals surface area contributed by atoms with Crippen molar-refractivity contribution in [1.29, 1.82) is 0 Å². The van der Waals surface area contributed by atoms with Crippen molar-refractivity contribution in [2.24, 2.45) is 5.73 Å². The van der Waals surface area contributed by atoms with Crippen LogP contribution in [0.15, 0.2) is 24.5 Å². The molecule has 0 fully saturated rings. The van der Waals surface area contributed by atoms with Crippen molar-refractivity contribution >= 4 is 0 Å². The van der Waals surface area contributed by atoms with E-state index in [1.165, 1.54) is 0 Å². The summed E-state index contributed by atoms with van der Waals surface area (Å²) in [5.74, 6) is 0.826. The zero-order valence-corrected chi connectivity index (χ0v) is 8.24. The van der Waals surface area contributed by atoms with Gasteiger partial charge in [-0.25, -0.2) is 4.68 Å². The lowest BCUT2D eigenvalue weighted by Gasteiger charge is -2.02. The third kappa shape index (κ3) is 2.35. The Labute approximate surface area is 87.1 Å². The minimum atomic E-state index is 0.536. The zero-order valence-electron chi connectivity index (χ0n) is 8.24. The molecule has 15 heavy (non-hydrogen) atoms. The highest BCUT2D eigenvalue weighted by molar-refractivity contribution is 5.14. The van der Waals surface area contributed by atoms with Crippen LogP contribution in [0.3, 0.4) is 0 Å². The molecule has 0 saturated carbocycles. The van der Waals surface area contributed by atoms with Gasteiger partial charge in [-0.05, 0) is 28.1 Å². The fourth-order valence-electron chi connectivity index (χ4n) is 1.33. The maximum Gasteiger partial charge on any atom is 0.155 e. The van der Waals surface area contributed by atoms with Crippen molar-refractivity contribution in [2.75, 3.05) is 6.54 Å². The van der Waals surface area contributed by atoms with Gasteiger partial charge in [0.15, 0.2) is 5.82 Å². The van der Waals surface area contributed by atoms with Gasteiger partial charge in [0.05, 0.1) is 6.54 Å². The minimum absolute atomic E-state index is 0.536. The predicted molar refractivity (Wildman–Crippen MR) is 53.9 cm³/mol. The van der Waals surface area contributed by atoms with Crippen molar-refractivity contribution in [3.05, 3.63) is 35.9 Å². The Morgan fingerprint density at radius 2 is 2.07 bits per heavy atom.